The molecule has 2 aromatic rings. The van der Waals surface area contributed by atoms with Crippen molar-refractivity contribution in [1.82, 2.24) is 9.99 Å². The maximum atomic E-state index is 11.9. The third-order valence-corrected chi connectivity index (χ3v) is 8.16. The number of hydrazone groups is 1. The lowest BCUT2D eigenvalue weighted by atomic mass is 10.1. The zero-order valence-corrected chi connectivity index (χ0v) is 18.9. The number of benzene rings is 1. The number of hydrogen-bond donors (Lipinski definition) is 1. The number of aryl methyl sites for hydroxylation is 1. The molecule has 1 N–H and O–H groups in total. The van der Waals surface area contributed by atoms with Crippen LogP contribution in [0.1, 0.15) is 29.4 Å². The number of sulfone groups is 1. The Morgan fingerprint density at radius 3 is 2.79 bits per heavy atom. The summed E-state index contributed by atoms with van der Waals surface area (Å²) in [6, 6.07) is 9.95. The summed E-state index contributed by atoms with van der Waals surface area (Å²) in [5, 5.41) is 5.30. The Labute approximate surface area is 177 Å². The first-order chi connectivity index (χ1) is 13.3. The van der Waals surface area contributed by atoms with E-state index in [1.165, 1.54) is 0 Å². The van der Waals surface area contributed by atoms with Gasteiger partial charge in [0.1, 0.15) is 0 Å². The summed E-state index contributed by atoms with van der Waals surface area (Å²) < 4.78 is 26.9. The Bertz CT molecular complexity index is 1090. The highest BCUT2D eigenvalue weighted by Gasteiger charge is 2.31. The molecule has 9 heteroatoms. The third kappa shape index (κ3) is 4.06. The van der Waals surface area contributed by atoms with Gasteiger partial charge in [-0.15, -0.1) is 0 Å². The Morgan fingerprint density at radius 2 is 2.14 bits per heavy atom. The van der Waals surface area contributed by atoms with Gasteiger partial charge in [0.15, 0.2) is 15.0 Å². The van der Waals surface area contributed by atoms with Crippen LogP contribution in [0.15, 0.2) is 44.9 Å². The largest absolute Gasteiger partial charge is 0.344 e. The van der Waals surface area contributed by atoms with Gasteiger partial charge in [-0.25, -0.2) is 13.4 Å². The molecule has 0 aliphatic carbocycles. The number of halogens is 1. The second-order valence-corrected chi connectivity index (χ2v) is 11.2. The van der Waals surface area contributed by atoms with Crippen molar-refractivity contribution in [3.63, 3.8) is 0 Å². The minimum absolute atomic E-state index is 0.0252. The van der Waals surface area contributed by atoms with E-state index < -0.39 is 9.84 Å². The highest BCUT2D eigenvalue weighted by molar-refractivity contribution is 9.10. The average Bonchev–Trinajstić information content (AvgIpc) is 3.14. The molecule has 0 radical (unpaired) electrons. The van der Waals surface area contributed by atoms with Crippen LogP contribution in [-0.2, 0) is 9.84 Å². The van der Waals surface area contributed by atoms with Crippen molar-refractivity contribution in [3.05, 3.63) is 51.8 Å². The molecule has 1 aromatic carbocycles. The van der Waals surface area contributed by atoms with Gasteiger partial charge >= 0.3 is 0 Å². The van der Waals surface area contributed by atoms with Gasteiger partial charge in [0.2, 0.25) is 0 Å². The number of thioether (sulfide) groups is 1. The van der Waals surface area contributed by atoms with Crippen LogP contribution in [-0.4, -0.2) is 41.1 Å². The first kappa shape index (κ1) is 19.7. The molecule has 0 amide bonds. The second-order valence-electron chi connectivity index (χ2n) is 7.07. The molecule has 4 rings (SSSR count). The van der Waals surface area contributed by atoms with E-state index in [1.54, 1.807) is 11.8 Å². The minimum atomic E-state index is -2.92. The predicted octanol–water partition coefficient (Wildman–Crippen LogP) is 3.96. The van der Waals surface area contributed by atoms with E-state index in [4.69, 9.17) is 0 Å². The summed E-state index contributed by atoms with van der Waals surface area (Å²) in [6.45, 7) is 4.08. The van der Waals surface area contributed by atoms with Crippen LogP contribution in [0.2, 0.25) is 0 Å². The lowest BCUT2D eigenvalue weighted by molar-refractivity contribution is 0.535. The molecule has 0 bridgehead atoms. The molecule has 0 saturated carbocycles. The van der Waals surface area contributed by atoms with Crippen LogP contribution in [0, 0.1) is 13.8 Å². The van der Waals surface area contributed by atoms with E-state index in [-0.39, 0.29) is 17.5 Å². The topological polar surface area (TPSA) is 75.8 Å². The molecule has 2 aliphatic heterocycles. The lowest BCUT2D eigenvalue weighted by Gasteiger charge is -2.18. The summed E-state index contributed by atoms with van der Waals surface area (Å²) in [5.41, 5.74) is 8.11. The molecule has 6 nitrogen and oxygen atoms in total. The van der Waals surface area contributed by atoms with Crippen LogP contribution in [0.4, 0.5) is 5.69 Å². The molecule has 1 saturated heterocycles. The van der Waals surface area contributed by atoms with Crippen molar-refractivity contribution >= 4 is 54.1 Å². The normalized spacial score (nSPS) is 22.9. The van der Waals surface area contributed by atoms with Crippen molar-refractivity contribution in [1.29, 1.82) is 0 Å². The van der Waals surface area contributed by atoms with Gasteiger partial charge in [-0.3, -0.25) is 5.43 Å². The molecule has 1 fully saturated rings. The first-order valence-corrected chi connectivity index (χ1v) is 12.6. The molecular weight excluding hydrogens is 460 g/mol. The van der Waals surface area contributed by atoms with Crippen molar-refractivity contribution in [3.8, 4) is 0 Å². The Balaban J connectivity index is 1.56. The van der Waals surface area contributed by atoms with E-state index in [9.17, 15) is 8.42 Å². The van der Waals surface area contributed by atoms with E-state index in [1.807, 2.05) is 38.1 Å². The number of aliphatic imine (C=N–C) groups is 1. The van der Waals surface area contributed by atoms with E-state index in [0.29, 0.717) is 12.2 Å². The smallest absolute Gasteiger partial charge is 0.182 e. The molecule has 1 unspecified atom stereocenters. The molecule has 28 heavy (non-hydrogen) atoms. The predicted molar refractivity (Wildman–Crippen MR) is 120 cm³/mol. The fraction of sp³-hybridized carbons (Fsp3) is 0.368. The number of hydrogen-bond acceptors (Lipinski definition) is 5. The van der Waals surface area contributed by atoms with Gasteiger partial charge in [0.05, 0.1) is 22.9 Å². The van der Waals surface area contributed by atoms with E-state index in [0.717, 1.165) is 38.0 Å². The molecule has 148 valence electrons. The zero-order valence-electron chi connectivity index (χ0n) is 15.6. The van der Waals surface area contributed by atoms with E-state index >= 15 is 0 Å². The van der Waals surface area contributed by atoms with Gasteiger partial charge in [-0.2, -0.15) is 5.10 Å². The number of aromatic nitrogens is 1. The van der Waals surface area contributed by atoms with Crippen molar-refractivity contribution < 1.29 is 8.42 Å². The van der Waals surface area contributed by atoms with Gasteiger partial charge < -0.3 is 4.57 Å². The maximum Gasteiger partial charge on any atom is 0.182 e. The Morgan fingerprint density at radius 1 is 1.32 bits per heavy atom. The lowest BCUT2D eigenvalue weighted by Crippen LogP contribution is -2.25. The summed E-state index contributed by atoms with van der Waals surface area (Å²) in [6.07, 6.45) is 0.682. The fourth-order valence-corrected chi connectivity index (χ4v) is 6.65. The van der Waals surface area contributed by atoms with Crippen LogP contribution in [0.25, 0.3) is 0 Å². The number of rotatable bonds is 3. The molecule has 1 aromatic heterocycles. The van der Waals surface area contributed by atoms with Crippen molar-refractivity contribution in [2.24, 2.45) is 10.1 Å². The standard InChI is InChI=1S/C19H21BrN4O2S2/c1-12-8-17(13(2)24(12)16-6-7-28(25,26)11-16)18-10-27-19(23-22-18)21-15-5-3-4-14(20)9-15/h3-5,8-9,16H,6-7,10-11H2,1-2H3,(H,21,23). The molecular formula is C19H21BrN4O2S2. The van der Waals surface area contributed by atoms with Crippen LogP contribution in [0.3, 0.4) is 0 Å². The summed E-state index contributed by atoms with van der Waals surface area (Å²) >= 11 is 5.07. The van der Waals surface area contributed by atoms with E-state index in [2.05, 4.69) is 42.1 Å². The summed E-state index contributed by atoms with van der Waals surface area (Å²) in [5.74, 6) is 1.22. The second kappa shape index (κ2) is 7.68. The van der Waals surface area contributed by atoms with Crippen LogP contribution < -0.4 is 5.43 Å². The molecule has 1 atom stereocenters. The number of amidine groups is 1. The summed E-state index contributed by atoms with van der Waals surface area (Å²) in [7, 11) is -2.92. The van der Waals surface area contributed by atoms with Crippen molar-refractivity contribution in [2.45, 2.75) is 26.3 Å². The Kier molecular flexibility index (Phi) is 5.41. The van der Waals surface area contributed by atoms with Crippen LogP contribution >= 0.6 is 27.7 Å². The highest BCUT2D eigenvalue weighted by atomic mass is 79.9. The molecule has 0 spiro atoms. The third-order valence-electron chi connectivity index (χ3n) is 5.04. The monoisotopic (exact) mass is 480 g/mol. The number of nitrogens with zero attached hydrogens (tertiary/aromatic N) is 3. The molecule has 3 heterocycles. The van der Waals surface area contributed by atoms with Gasteiger partial charge in [0, 0.05) is 33.2 Å². The minimum Gasteiger partial charge on any atom is -0.344 e. The van der Waals surface area contributed by atoms with Crippen molar-refractivity contribution in [2.75, 3.05) is 17.3 Å². The first-order valence-electron chi connectivity index (χ1n) is 9.01. The molecule has 2 aliphatic rings. The zero-order chi connectivity index (χ0) is 19.9. The maximum absolute atomic E-state index is 11.9. The quantitative estimate of drug-likeness (QED) is 0.721. The SMILES string of the molecule is Cc1cc(C2=NNC(=Nc3cccc(Br)c3)SC2)c(C)n1C1CCS(=O)(=O)C1. The average molecular weight is 481 g/mol. The number of nitrogens with one attached hydrogen (secondary N) is 1. The van der Waals surface area contributed by atoms with Gasteiger partial charge in [-0.05, 0) is 44.5 Å². The van der Waals surface area contributed by atoms with Crippen LogP contribution in [0.5, 0.6) is 0 Å². The fourth-order valence-electron chi connectivity index (χ4n) is 3.78. The van der Waals surface area contributed by atoms with Gasteiger partial charge in [0.25, 0.3) is 0 Å². The highest BCUT2D eigenvalue weighted by Crippen LogP contribution is 2.30. The summed E-state index contributed by atoms with van der Waals surface area (Å²) in [4.78, 5) is 4.59. The van der Waals surface area contributed by atoms with Gasteiger partial charge in [-0.1, -0.05) is 33.8 Å². The Hall–Kier alpha value is -1.58.